The van der Waals surface area contributed by atoms with Gasteiger partial charge in [-0.25, -0.2) is 0 Å². The van der Waals surface area contributed by atoms with Crippen LogP contribution in [0.1, 0.15) is 43.0 Å². The summed E-state index contributed by atoms with van der Waals surface area (Å²) in [6.45, 7) is 2.31. The predicted octanol–water partition coefficient (Wildman–Crippen LogP) is 2.79. The quantitative estimate of drug-likeness (QED) is 0.302. The molecule has 0 aliphatic heterocycles. The van der Waals surface area contributed by atoms with Crippen LogP contribution in [0.5, 0.6) is 0 Å². The van der Waals surface area contributed by atoms with Gasteiger partial charge >= 0.3 is 5.97 Å². The maximum atomic E-state index is 12.1. The van der Waals surface area contributed by atoms with Crippen LogP contribution in [0, 0.1) is 10.1 Å². The van der Waals surface area contributed by atoms with Gasteiger partial charge in [-0.2, -0.15) is 0 Å². The van der Waals surface area contributed by atoms with Crippen LogP contribution in [0.25, 0.3) is 0 Å². The molecular formula is C16H22N2O5. The molecule has 0 aromatic heterocycles. The molecule has 0 spiro atoms. The van der Waals surface area contributed by atoms with Gasteiger partial charge in [0.05, 0.1) is 11.5 Å². The number of likely N-dealkylation sites (N-methyl/N-ethyl adjacent to an activating group) is 1. The Balaban J connectivity index is 2.43. The summed E-state index contributed by atoms with van der Waals surface area (Å²) < 4.78 is 5.07. The molecule has 0 N–H and O–H groups in total. The van der Waals surface area contributed by atoms with E-state index < -0.39 is 10.9 Å². The molecule has 0 saturated heterocycles. The van der Waals surface area contributed by atoms with E-state index in [1.54, 1.807) is 0 Å². The van der Waals surface area contributed by atoms with Crippen LogP contribution in [0.15, 0.2) is 24.3 Å². The number of nitro benzene ring substituents is 1. The topological polar surface area (TPSA) is 89.8 Å². The summed E-state index contributed by atoms with van der Waals surface area (Å²) >= 11 is 0. The van der Waals surface area contributed by atoms with Crippen molar-refractivity contribution < 1.29 is 19.2 Å². The highest BCUT2D eigenvalue weighted by atomic mass is 16.6. The van der Waals surface area contributed by atoms with Gasteiger partial charge in [-0.1, -0.05) is 26.2 Å². The number of esters is 1. The number of non-ortho nitro benzene ring substituents is 1. The van der Waals surface area contributed by atoms with Crippen LogP contribution in [-0.2, 0) is 9.53 Å². The van der Waals surface area contributed by atoms with E-state index in [1.165, 1.54) is 36.2 Å². The SMILES string of the molecule is CCCCCCOC(=O)CN(C)C(=O)c1ccc([N+](=O)[O-])cc1. The second-order valence-corrected chi connectivity index (χ2v) is 5.25. The Labute approximate surface area is 135 Å². The Morgan fingerprint density at radius 2 is 1.83 bits per heavy atom. The van der Waals surface area contributed by atoms with Gasteiger partial charge in [0.25, 0.3) is 11.6 Å². The number of amides is 1. The Morgan fingerprint density at radius 1 is 1.17 bits per heavy atom. The lowest BCUT2D eigenvalue weighted by Crippen LogP contribution is -2.33. The molecule has 0 saturated carbocycles. The lowest BCUT2D eigenvalue weighted by atomic mass is 10.2. The molecule has 0 bridgehead atoms. The molecule has 0 heterocycles. The summed E-state index contributed by atoms with van der Waals surface area (Å²) in [4.78, 5) is 35.1. The van der Waals surface area contributed by atoms with Crippen LogP contribution < -0.4 is 0 Å². The van der Waals surface area contributed by atoms with Gasteiger partial charge in [-0.15, -0.1) is 0 Å². The molecule has 126 valence electrons. The van der Waals surface area contributed by atoms with Crippen molar-refractivity contribution in [1.29, 1.82) is 0 Å². The molecule has 1 aromatic rings. The average molecular weight is 322 g/mol. The molecule has 0 radical (unpaired) electrons. The summed E-state index contributed by atoms with van der Waals surface area (Å²) in [5, 5.41) is 10.6. The fraction of sp³-hybridized carbons (Fsp3) is 0.500. The lowest BCUT2D eigenvalue weighted by Gasteiger charge is -2.16. The van der Waals surface area contributed by atoms with Crippen LogP contribution in [-0.4, -0.2) is 41.9 Å². The van der Waals surface area contributed by atoms with Crippen molar-refractivity contribution in [2.24, 2.45) is 0 Å². The van der Waals surface area contributed by atoms with Crippen molar-refractivity contribution in [2.45, 2.75) is 32.6 Å². The van der Waals surface area contributed by atoms with Crippen LogP contribution in [0.2, 0.25) is 0 Å². The predicted molar refractivity (Wildman–Crippen MR) is 85.2 cm³/mol. The smallest absolute Gasteiger partial charge is 0.325 e. The zero-order valence-electron chi connectivity index (χ0n) is 13.5. The Hall–Kier alpha value is -2.44. The third kappa shape index (κ3) is 6.46. The molecule has 0 fully saturated rings. The molecule has 0 aliphatic rings. The van der Waals surface area contributed by atoms with E-state index in [9.17, 15) is 19.7 Å². The van der Waals surface area contributed by atoms with Gasteiger partial charge in [0.2, 0.25) is 0 Å². The third-order valence-corrected chi connectivity index (χ3v) is 3.30. The maximum absolute atomic E-state index is 12.1. The van der Waals surface area contributed by atoms with Gasteiger partial charge < -0.3 is 9.64 Å². The monoisotopic (exact) mass is 322 g/mol. The number of nitro groups is 1. The second-order valence-electron chi connectivity index (χ2n) is 5.25. The number of carbonyl (C=O) groups excluding carboxylic acids is 2. The first kappa shape index (κ1) is 18.6. The molecule has 23 heavy (non-hydrogen) atoms. The highest BCUT2D eigenvalue weighted by Crippen LogP contribution is 2.13. The number of hydrogen-bond acceptors (Lipinski definition) is 5. The number of nitrogens with zero attached hydrogens (tertiary/aromatic N) is 2. The van der Waals surface area contributed by atoms with E-state index in [2.05, 4.69) is 6.92 Å². The zero-order chi connectivity index (χ0) is 17.2. The number of benzene rings is 1. The van der Waals surface area contributed by atoms with Gasteiger partial charge in [-0.3, -0.25) is 19.7 Å². The molecule has 1 amide bonds. The minimum absolute atomic E-state index is 0.0873. The van der Waals surface area contributed by atoms with Gasteiger partial charge in [0.1, 0.15) is 6.54 Å². The highest BCUT2D eigenvalue weighted by molar-refractivity contribution is 5.95. The molecule has 0 aliphatic carbocycles. The summed E-state index contributed by atoms with van der Waals surface area (Å²) in [6, 6.07) is 5.25. The molecule has 7 heteroatoms. The standard InChI is InChI=1S/C16H22N2O5/c1-3-4-5-6-11-23-15(19)12-17(2)16(20)13-7-9-14(10-8-13)18(21)22/h7-10H,3-6,11-12H2,1-2H3. The van der Waals surface area contributed by atoms with E-state index in [0.29, 0.717) is 6.61 Å². The van der Waals surface area contributed by atoms with Crippen molar-refractivity contribution in [2.75, 3.05) is 20.2 Å². The van der Waals surface area contributed by atoms with E-state index in [-0.39, 0.29) is 23.7 Å². The lowest BCUT2D eigenvalue weighted by molar-refractivity contribution is -0.384. The fourth-order valence-electron chi connectivity index (χ4n) is 1.97. The number of rotatable bonds is 9. The first-order chi connectivity index (χ1) is 11.0. The van der Waals surface area contributed by atoms with Gasteiger partial charge in [-0.05, 0) is 18.6 Å². The molecular weight excluding hydrogens is 300 g/mol. The number of hydrogen-bond donors (Lipinski definition) is 0. The first-order valence-corrected chi connectivity index (χ1v) is 7.61. The Bertz CT molecular complexity index is 542. The zero-order valence-corrected chi connectivity index (χ0v) is 13.5. The van der Waals surface area contributed by atoms with Crippen molar-refractivity contribution >= 4 is 17.6 Å². The summed E-state index contributed by atoms with van der Waals surface area (Å²) in [5.74, 6) is -0.845. The van der Waals surface area contributed by atoms with Crippen molar-refractivity contribution in [3.63, 3.8) is 0 Å². The minimum Gasteiger partial charge on any atom is -0.464 e. The minimum atomic E-state index is -0.534. The van der Waals surface area contributed by atoms with E-state index in [4.69, 9.17) is 4.74 Å². The summed E-state index contributed by atoms with van der Waals surface area (Å²) in [7, 11) is 1.49. The maximum Gasteiger partial charge on any atom is 0.325 e. The number of unbranched alkanes of at least 4 members (excludes halogenated alkanes) is 3. The average Bonchev–Trinajstić information content (AvgIpc) is 2.54. The first-order valence-electron chi connectivity index (χ1n) is 7.61. The molecule has 0 atom stereocenters. The number of carbonyl (C=O) groups is 2. The van der Waals surface area contributed by atoms with Crippen molar-refractivity contribution in [3.8, 4) is 0 Å². The van der Waals surface area contributed by atoms with Gasteiger partial charge in [0.15, 0.2) is 0 Å². The Kier molecular flexibility index (Phi) is 7.73. The van der Waals surface area contributed by atoms with Crippen LogP contribution in [0.4, 0.5) is 5.69 Å². The van der Waals surface area contributed by atoms with E-state index in [0.717, 1.165) is 25.7 Å². The third-order valence-electron chi connectivity index (χ3n) is 3.30. The van der Waals surface area contributed by atoms with Crippen LogP contribution >= 0.6 is 0 Å². The van der Waals surface area contributed by atoms with Crippen molar-refractivity contribution in [1.82, 2.24) is 4.90 Å². The van der Waals surface area contributed by atoms with E-state index >= 15 is 0 Å². The second kappa shape index (κ2) is 9.55. The van der Waals surface area contributed by atoms with E-state index in [1.807, 2.05) is 0 Å². The molecule has 0 unspecified atom stereocenters. The van der Waals surface area contributed by atoms with Crippen molar-refractivity contribution in [3.05, 3.63) is 39.9 Å². The number of ether oxygens (including phenoxy) is 1. The fourth-order valence-corrected chi connectivity index (χ4v) is 1.97. The largest absolute Gasteiger partial charge is 0.464 e. The highest BCUT2D eigenvalue weighted by Gasteiger charge is 2.16. The Morgan fingerprint density at radius 3 is 2.39 bits per heavy atom. The molecule has 7 nitrogen and oxygen atoms in total. The molecule has 1 rings (SSSR count). The summed E-state index contributed by atoms with van der Waals surface area (Å²) in [6.07, 6.45) is 4.05. The normalized spacial score (nSPS) is 10.2. The summed E-state index contributed by atoms with van der Waals surface area (Å²) in [5.41, 5.74) is 0.199. The molecule has 1 aromatic carbocycles. The van der Waals surface area contributed by atoms with Gasteiger partial charge in [0, 0.05) is 24.7 Å². The van der Waals surface area contributed by atoms with Crippen LogP contribution in [0.3, 0.4) is 0 Å².